The Morgan fingerprint density at radius 2 is 1.88 bits per heavy atom. The molecule has 3 amide bonds. The van der Waals surface area contributed by atoms with Gasteiger partial charge in [0, 0.05) is 39.1 Å². The Balaban J connectivity index is 1.43. The van der Waals surface area contributed by atoms with Crippen LogP contribution in [0.5, 0.6) is 0 Å². The molecule has 0 spiro atoms. The van der Waals surface area contributed by atoms with E-state index in [1.165, 1.54) is 5.56 Å². The number of carbonyl (C=O) groups excluding carboxylic acids is 2. The van der Waals surface area contributed by atoms with Crippen LogP contribution in [0.1, 0.15) is 24.5 Å². The van der Waals surface area contributed by atoms with E-state index in [0.29, 0.717) is 19.6 Å². The number of carboxylic acid groups (broad SMARTS) is 1. The van der Waals surface area contributed by atoms with Crippen molar-refractivity contribution < 1.29 is 19.5 Å². The molecule has 0 unspecified atom stereocenters. The Bertz CT molecular complexity index is 706. The fourth-order valence-corrected chi connectivity index (χ4v) is 3.71. The zero-order valence-corrected chi connectivity index (χ0v) is 15.0. The summed E-state index contributed by atoms with van der Waals surface area (Å²) in [7, 11) is 0. The number of carbonyl (C=O) groups is 3. The van der Waals surface area contributed by atoms with Crippen molar-refractivity contribution in [2.24, 2.45) is 11.8 Å². The molecule has 2 heterocycles. The number of hydrogen-bond acceptors (Lipinski definition) is 3. The van der Waals surface area contributed by atoms with E-state index in [2.05, 4.69) is 11.4 Å². The predicted molar refractivity (Wildman–Crippen MR) is 95.4 cm³/mol. The van der Waals surface area contributed by atoms with Gasteiger partial charge in [0.15, 0.2) is 0 Å². The van der Waals surface area contributed by atoms with Crippen molar-refractivity contribution in [2.45, 2.75) is 26.3 Å². The van der Waals surface area contributed by atoms with Gasteiger partial charge < -0.3 is 20.2 Å². The number of fused-ring (bicyclic) bond motifs is 1. The molecule has 0 aliphatic carbocycles. The molecule has 2 aliphatic rings. The van der Waals surface area contributed by atoms with E-state index < -0.39 is 11.9 Å². The maximum atomic E-state index is 12.3. The number of aliphatic carboxylic acids is 1. The molecule has 0 aromatic heterocycles. The van der Waals surface area contributed by atoms with Gasteiger partial charge in [-0.1, -0.05) is 31.2 Å². The molecule has 0 bridgehead atoms. The molecule has 7 heteroatoms. The van der Waals surface area contributed by atoms with Gasteiger partial charge in [-0.2, -0.15) is 0 Å². The molecule has 1 fully saturated rings. The van der Waals surface area contributed by atoms with Crippen molar-refractivity contribution in [3.05, 3.63) is 35.4 Å². The highest BCUT2D eigenvalue weighted by Crippen LogP contribution is 2.23. The van der Waals surface area contributed by atoms with Crippen molar-refractivity contribution in [3.8, 4) is 0 Å². The van der Waals surface area contributed by atoms with Crippen LogP contribution in [0.4, 0.5) is 4.79 Å². The standard InChI is InChI=1S/C19H25N3O4/c1-13-10-22(12-16(13)18(24)25)17(23)6-8-20-19(26)21-9-7-14-4-2-3-5-15(14)11-21/h2-5,13,16H,6-12H2,1H3,(H,20,26)(H,24,25)/t13-,16-/m1/s1. The average Bonchev–Trinajstić information content (AvgIpc) is 3.03. The van der Waals surface area contributed by atoms with Crippen LogP contribution in [-0.2, 0) is 22.6 Å². The SMILES string of the molecule is C[C@@H]1CN(C(=O)CCNC(=O)N2CCc3ccccc3C2)C[C@H]1C(=O)O. The van der Waals surface area contributed by atoms with Crippen LogP contribution in [0, 0.1) is 11.8 Å². The highest BCUT2D eigenvalue weighted by molar-refractivity contribution is 5.80. The molecule has 140 valence electrons. The van der Waals surface area contributed by atoms with Gasteiger partial charge in [-0.25, -0.2) is 4.79 Å². The largest absolute Gasteiger partial charge is 0.481 e. The van der Waals surface area contributed by atoms with Gasteiger partial charge in [-0.05, 0) is 23.5 Å². The highest BCUT2D eigenvalue weighted by Gasteiger charge is 2.36. The number of rotatable bonds is 4. The monoisotopic (exact) mass is 359 g/mol. The van der Waals surface area contributed by atoms with Crippen molar-refractivity contribution in [1.82, 2.24) is 15.1 Å². The molecule has 2 atom stereocenters. The number of urea groups is 1. The summed E-state index contributed by atoms with van der Waals surface area (Å²) in [4.78, 5) is 39.1. The van der Waals surface area contributed by atoms with Gasteiger partial charge in [-0.15, -0.1) is 0 Å². The lowest BCUT2D eigenvalue weighted by Gasteiger charge is -2.29. The lowest BCUT2D eigenvalue weighted by molar-refractivity contribution is -0.142. The van der Waals surface area contributed by atoms with Crippen molar-refractivity contribution >= 4 is 17.9 Å². The zero-order chi connectivity index (χ0) is 18.7. The maximum Gasteiger partial charge on any atom is 0.317 e. The first kappa shape index (κ1) is 18.2. The number of likely N-dealkylation sites (tertiary alicyclic amines) is 1. The molecule has 2 aliphatic heterocycles. The third-order valence-electron chi connectivity index (χ3n) is 5.32. The summed E-state index contributed by atoms with van der Waals surface area (Å²) in [6.07, 6.45) is 1.03. The van der Waals surface area contributed by atoms with E-state index in [4.69, 9.17) is 5.11 Å². The molecule has 1 aromatic carbocycles. The van der Waals surface area contributed by atoms with Crippen molar-refractivity contribution in [3.63, 3.8) is 0 Å². The molecule has 1 aromatic rings. The van der Waals surface area contributed by atoms with Crippen molar-refractivity contribution in [1.29, 1.82) is 0 Å². The van der Waals surface area contributed by atoms with E-state index >= 15 is 0 Å². The number of nitrogens with zero attached hydrogens (tertiary/aromatic N) is 2. The van der Waals surface area contributed by atoms with Gasteiger partial charge in [0.2, 0.25) is 5.91 Å². The molecule has 3 rings (SSSR count). The van der Waals surface area contributed by atoms with Crippen LogP contribution in [0.15, 0.2) is 24.3 Å². The second-order valence-corrected chi connectivity index (χ2v) is 7.14. The summed E-state index contributed by atoms with van der Waals surface area (Å²) in [5, 5.41) is 12.0. The van der Waals surface area contributed by atoms with E-state index in [1.807, 2.05) is 25.1 Å². The van der Waals surface area contributed by atoms with Gasteiger partial charge in [-0.3, -0.25) is 9.59 Å². The third kappa shape index (κ3) is 3.98. The third-order valence-corrected chi connectivity index (χ3v) is 5.32. The van der Waals surface area contributed by atoms with Gasteiger partial charge >= 0.3 is 12.0 Å². The summed E-state index contributed by atoms with van der Waals surface area (Å²) in [5.41, 5.74) is 2.44. The molecule has 7 nitrogen and oxygen atoms in total. The Morgan fingerprint density at radius 3 is 2.58 bits per heavy atom. The first-order valence-electron chi connectivity index (χ1n) is 9.06. The molecule has 0 saturated carbocycles. The number of benzene rings is 1. The van der Waals surface area contributed by atoms with E-state index in [0.717, 1.165) is 12.0 Å². The minimum Gasteiger partial charge on any atom is -0.481 e. The number of carboxylic acids is 1. The van der Waals surface area contributed by atoms with Gasteiger partial charge in [0.05, 0.1) is 5.92 Å². The van der Waals surface area contributed by atoms with Gasteiger partial charge in [0.1, 0.15) is 0 Å². The molecule has 26 heavy (non-hydrogen) atoms. The molecular formula is C19H25N3O4. The Hall–Kier alpha value is -2.57. The normalized spacial score (nSPS) is 22.0. The van der Waals surface area contributed by atoms with Crippen LogP contribution in [-0.4, -0.2) is 59.0 Å². The number of nitrogens with one attached hydrogen (secondary N) is 1. The fraction of sp³-hybridized carbons (Fsp3) is 0.526. The second kappa shape index (κ2) is 7.76. The molecule has 1 saturated heterocycles. The van der Waals surface area contributed by atoms with E-state index in [9.17, 15) is 14.4 Å². The van der Waals surface area contributed by atoms with E-state index in [-0.39, 0.29) is 37.4 Å². The smallest absolute Gasteiger partial charge is 0.317 e. The fourth-order valence-electron chi connectivity index (χ4n) is 3.71. The highest BCUT2D eigenvalue weighted by atomic mass is 16.4. The first-order chi connectivity index (χ1) is 12.5. The minimum absolute atomic E-state index is 0.0422. The van der Waals surface area contributed by atoms with Crippen LogP contribution >= 0.6 is 0 Å². The van der Waals surface area contributed by atoms with Crippen LogP contribution in [0.3, 0.4) is 0 Å². The second-order valence-electron chi connectivity index (χ2n) is 7.14. The summed E-state index contributed by atoms with van der Waals surface area (Å²) < 4.78 is 0. The van der Waals surface area contributed by atoms with Gasteiger partial charge in [0.25, 0.3) is 0 Å². The summed E-state index contributed by atoms with van der Waals surface area (Å²) in [6, 6.07) is 7.94. The molecule has 2 N–H and O–H groups in total. The summed E-state index contributed by atoms with van der Waals surface area (Å²) in [6.45, 7) is 4.08. The quantitative estimate of drug-likeness (QED) is 0.848. The summed E-state index contributed by atoms with van der Waals surface area (Å²) in [5.74, 6) is -1.50. The van der Waals surface area contributed by atoms with Crippen molar-refractivity contribution in [2.75, 3.05) is 26.2 Å². The Labute approximate surface area is 153 Å². The lowest BCUT2D eigenvalue weighted by Crippen LogP contribution is -2.44. The number of hydrogen-bond donors (Lipinski definition) is 2. The minimum atomic E-state index is -0.855. The lowest BCUT2D eigenvalue weighted by atomic mass is 9.99. The zero-order valence-electron chi connectivity index (χ0n) is 15.0. The maximum absolute atomic E-state index is 12.3. The topological polar surface area (TPSA) is 90.0 Å². The summed E-state index contributed by atoms with van der Waals surface area (Å²) >= 11 is 0. The molecular weight excluding hydrogens is 334 g/mol. The number of amides is 3. The predicted octanol–water partition coefficient (Wildman–Crippen LogP) is 1.32. The van der Waals surface area contributed by atoms with Crippen LogP contribution in [0.2, 0.25) is 0 Å². The van der Waals surface area contributed by atoms with Crippen LogP contribution < -0.4 is 5.32 Å². The Kier molecular flexibility index (Phi) is 5.44. The van der Waals surface area contributed by atoms with E-state index in [1.54, 1.807) is 9.80 Å². The molecule has 0 radical (unpaired) electrons. The first-order valence-corrected chi connectivity index (χ1v) is 9.06. The Morgan fingerprint density at radius 1 is 1.15 bits per heavy atom. The average molecular weight is 359 g/mol. The van der Waals surface area contributed by atoms with Crippen LogP contribution in [0.25, 0.3) is 0 Å².